The Kier molecular flexibility index (Phi) is 5.30. The molecule has 31 heavy (non-hydrogen) atoms. The predicted molar refractivity (Wildman–Crippen MR) is 117 cm³/mol. The number of carbonyl (C=O) groups is 1. The molecule has 9 heteroatoms. The average molecular weight is 438 g/mol. The van der Waals surface area contributed by atoms with Crippen LogP contribution in [0.1, 0.15) is 10.4 Å². The summed E-state index contributed by atoms with van der Waals surface area (Å²) in [5.41, 5.74) is 2.87. The first-order valence-corrected chi connectivity index (χ1v) is 10.8. The van der Waals surface area contributed by atoms with Crippen molar-refractivity contribution < 1.29 is 17.6 Å². The van der Waals surface area contributed by atoms with Crippen LogP contribution in [0.5, 0.6) is 0 Å². The van der Waals surface area contributed by atoms with Crippen LogP contribution in [0.25, 0.3) is 22.4 Å². The Bertz CT molecular complexity index is 1380. The summed E-state index contributed by atoms with van der Waals surface area (Å²) < 4.78 is 38.9. The van der Waals surface area contributed by atoms with E-state index in [1.54, 1.807) is 36.4 Å². The van der Waals surface area contributed by atoms with Gasteiger partial charge in [0.25, 0.3) is 5.91 Å². The number of nitrogens with one attached hydrogen (secondary N) is 2. The van der Waals surface area contributed by atoms with E-state index in [1.807, 2.05) is 0 Å². The Morgan fingerprint density at radius 1 is 1.03 bits per heavy atom. The number of benzene rings is 3. The lowest BCUT2D eigenvalue weighted by atomic mass is 10.2. The number of sulfonamides is 1. The number of hydrogen-bond acceptors (Lipinski definition) is 4. The van der Waals surface area contributed by atoms with Gasteiger partial charge < -0.3 is 10.3 Å². The van der Waals surface area contributed by atoms with Crippen LogP contribution in [0, 0.1) is 5.82 Å². The van der Waals surface area contributed by atoms with E-state index in [4.69, 9.17) is 0 Å². The van der Waals surface area contributed by atoms with Crippen molar-refractivity contribution in [2.75, 3.05) is 19.4 Å². The molecule has 0 spiro atoms. The van der Waals surface area contributed by atoms with Crippen LogP contribution in [0.2, 0.25) is 0 Å². The number of hydrogen-bond donors (Lipinski definition) is 2. The average Bonchev–Trinajstić information content (AvgIpc) is 3.17. The van der Waals surface area contributed by atoms with Crippen LogP contribution in [0.4, 0.5) is 10.1 Å². The largest absolute Gasteiger partial charge is 0.338 e. The van der Waals surface area contributed by atoms with Crippen molar-refractivity contribution in [3.63, 3.8) is 0 Å². The van der Waals surface area contributed by atoms with Crippen molar-refractivity contribution >= 4 is 32.7 Å². The number of aromatic amines is 1. The van der Waals surface area contributed by atoms with Crippen molar-refractivity contribution in [3.8, 4) is 11.4 Å². The summed E-state index contributed by atoms with van der Waals surface area (Å²) in [6.45, 7) is 0. The maximum Gasteiger partial charge on any atom is 0.255 e. The summed E-state index contributed by atoms with van der Waals surface area (Å²) in [6, 6.07) is 17.0. The van der Waals surface area contributed by atoms with E-state index in [1.165, 1.54) is 44.4 Å². The van der Waals surface area contributed by atoms with Gasteiger partial charge in [0.2, 0.25) is 10.0 Å². The predicted octanol–water partition coefficient (Wildman–Crippen LogP) is 3.87. The van der Waals surface area contributed by atoms with Crippen LogP contribution < -0.4 is 5.32 Å². The Labute approximate surface area is 178 Å². The minimum absolute atomic E-state index is 0.0399. The van der Waals surface area contributed by atoms with E-state index in [0.29, 0.717) is 22.5 Å². The van der Waals surface area contributed by atoms with Gasteiger partial charge in [-0.05, 0) is 60.7 Å². The van der Waals surface area contributed by atoms with E-state index in [2.05, 4.69) is 15.3 Å². The Morgan fingerprint density at radius 3 is 2.48 bits per heavy atom. The first-order chi connectivity index (χ1) is 14.7. The molecule has 2 N–H and O–H groups in total. The number of rotatable bonds is 5. The molecule has 1 heterocycles. The number of nitrogens with zero attached hydrogens (tertiary/aromatic N) is 2. The van der Waals surface area contributed by atoms with Crippen LogP contribution in [-0.2, 0) is 10.0 Å². The van der Waals surface area contributed by atoms with Crippen molar-refractivity contribution in [1.29, 1.82) is 0 Å². The van der Waals surface area contributed by atoms with Crippen LogP contribution in [0.3, 0.4) is 0 Å². The van der Waals surface area contributed by atoms with Gasteiger partial charge in [-0.3, -0.25) is 4.79 Å². The van der Waals surface area contributed by atoms with Gasteiger partial charge in [0.15, 0.2) is 0 Å². The molecule has 4 rings (SSSR count). The summed E-state index contributed by atoms with van der Waals surface area (Å²) in [5, 5.41) is 2.77. The van der Waals surface area contributed by atoms with E-state index in [9.17, 15) is 17.6 Å². The van der Waals surface area contributed by atoms with Crippen molar-refractivity contribution in [1.82, 2.24) is 14.3 Å². The normalized spacial score (nSPS) is 11.7. The molecule has 0 bridgehead atoms. The van der Waals surface area contributed by atoms with Gasteiger partial charge in [-0.2, -0.15) is 0 Å². The molecule has 0 saturated carbocycles. The second kappa shape index (κ2) is 7.93. The number of amides is 1. The molecule has 0 atom stereocenters. The molecule has 0 radical (unpaired) electrons. The number of imidazole rings is 1. The van der Waals surface area contributed by atoms with Gasteiger partial charge in [0.1, 0.15) is 11.6 Å². The molecule has 1 amide bonds. The van der Waals surface area contributed by atoms with Crippen molar-refractivity contribution in [2.45, 2.75) is 4.90 Å². The van der Waals surface area contributed by atoms with Crippen molar-refractivity contribution in [3.05, 3.63) is 78.1 Å². The molecule has 3 aromatic carbocycles. The number of carbonyl (C=O) groups excluding carboxylic acids is 1. The topological polar surface area (TPSA) is 95.2 Å². The van der Waals surface area contributed by atoms with Gasteiger partial charge in [-0.1, -0.05) is 6.07 Å². The molecule has 0 aliphatic carbocycles. The Balaban J connectivity index is 1.59. The highest BCUT2D eigenvalue weighted by molar-refractivity contribution is 7.89. The molecule has 0 aliphatic rings. The van der Waals surface area contributed by atoms with Gasteiger partial charge in [0.05, 0.1) is 15.9 Å². The molecule has 1 aromatic heterocycles. The molecule has 0 fully saturated rings. The SMILES string of the molecule is CN(C)S(=O)(=O)c1cccc(C(=O)Nc2ccc3nc(-c4ccc(F)cc4)[nH]c3c2)c1. The third-order valence-corrected chi connectivity index (χ3v) is 6.54. The molecular weight excluding hydrogens is 419 g/mol. The van der Waals surface area contributed by atoms with E-state index >= 15 is 0 Å². The summed E-state index contributed by atoms with van der Waals surface area (Å²) in [7, 11) is -0.779. The number of aromatic nitrogens is 2. The van der Waals surface area contributed by atoms with Gasteiger partial charge in [-0.15, -0.1) is 0 Å². The maximum absolute atomic E-state index is 13.1. The molecule has 4 aromatic rings. The molecule has 0 aliphatic heterocycles. The Morgan fingerprint density at radius 2 is 1.77 bits per heavy atom. The highest BCUT2D eigenvalue weighted by atomic mass is 32.2. The molecule has 0 saturated heterocycles. The van der Waals surface area contributed by atoms with Gasteiger partial charge in [-0.25, -0.2) is 22.1 Å². The van der Waals surface area contributed by atoms with Crippen molar-refractivity contribution in [2.24, 2.45) is 0 Å². The quantitative estimate of drug-likeness (QED) is 0.494. The highest BCUT2D eigenvalue weighted by Gasteiger charge is 2.19. The van der Waals surface area contributed by atoms with Crippen LogP contribution in [0.15, 0.2) is 71.6 Å². The molecular formula is C22H19FN4O3S. The minimum Gasteiger partial charge on any atom is -0.338 e. The summed E-state index contributed by atoms with van der Waals surface area (Å²) in [5.74, 6) is -0.180. The minimum atomic E-state index is -3.64. The fourth-order valence-electron chi connectivity index (χ4n) is 3.04. The van der Waals surface area contributed by atoms with E-state index in [0.717, 1.165) is 9.87 Å². The first-order valence-electron chi connectivity index (χ1n) is 9.34. The second-order valence-corrected chi connectivity index (χ2v) is 9.25. The monoisotopic (exact) mass is 438 g/mol. The zero-order valence-corrected chi connectivity index (χ0v) is 17.6. The molecule has 0 unspecified atom stereocenters. The third kappa shape index (κ3) is 4.18. The first kappa shape index (κ1) is 20.7. The maximum atomic E-state index is 13.1. The number of fused-ring (bicyclic) bond motifs is 1. The smallest absolute Gasteiger partial charge is 0.255 e. The summed E-state index contributed by atoms with van der Waals surface area (Å²) >= 11 is 0. The number of anilines is 1. The standard InChI is InChI=1S/C22H19FN4O3S/c1-27(2)31(29,30)18-5-3-4-15(12-18)22(28)24-17-10-11-19-20(13-17)26-21(25-19)14-6-8-16(23)9-7-14/h3-13H,1-2H3,(H,24,28)(H,25,26). The van der Waals surface area contributed by atoms with E-state index < -0.39 is 15.9 Å². The fourth-order valence-corrected chi connectivity index (χ4v) is 3.99. The lowest BCUT2D eigenvalue weighted by Gasteiger charge is -2.12. The lowest BCUT2D eigenvalue weighted by molar-refractivity contribution is 0.102. The highest BCUT2D eigenvalue weighted by Crippen LogP contribution is 2.24. The van der Waals surface area contributed by atoms with Gasteiger partial charge >= 0.3 is 0 Å². The van der Waals surface area contributed by atoms with Crippen LogP contribution >= 0.6 is 0 Å². The van der Waals surface area contributed by atoms with E-state index in [-0.39, 0.29) is 16.3 Å². The number of H-pyrrole nitrogens is 1. The molecule has 158 valence electrons. The third-order valence-electron chi connectivity index (χ3n) is 4.73. The lowest BCUT2D eigenvalue weighted by Crippen LogP contribution is -2.22. The Hall–Kier alpha value is -3.56. The zero-order chi connectivity index (χ0) is 22.2. The fraction of sp³-hybridized carbons (Fsp3) is 0.0909. The summed E-state index contributed by atoms with van der Waals surface area (Å²) in [6.07, 6.45) is 0. The zero-order valence-electron chi connectivity index (χ0n) is 16.8. The number of halogens is 1. The van der Waals surface area contributed by atoms with Gasteiger partial charge in [0, 0.05) is 30.9 Å². The second-order valence-electron chi connectivity index (χ2n) is 7.09. The molecule has 7 nitrogen and oxygen atoms in total. The summed E-state index contributed by atoms with van der Waals surface area (Å²) in [4.78, 5) is 20.4. The van der Waals surface area contributed by atoms with Crippen LogP contribution in [-0.4, -0.2) is 42.7 Å².